The van der Waals surface area contributed by atoms with Crippen molar-refractivity contribution >= 4 is 9.84 Å². The van der Waals surface area contributed by atoms with Crippen LogP contribution < -0.4 is 10.1 Å². The van der Waals surface area contributed by atoms with Gasteiger partial charge in [-0.05, 0) is 43.5 Å². The molecule has 0 aromatic heterocycles. The molecule has 1 aliphatic carbocycles. The van der Waals surface area contributed by atoms with Crippen molar-refractivity contribution in [3.63, 3.8) is 0 Å². The van der Waals surface area contributed by atoms with Gasteiger partial charge >= 0.3 is 0 Å². The molecule has 1 N–H and O–H groups in total. The molecule has 2 rings (SSSR count). The minimum Gasteiger partial charge on any atom is -0.496 e. The van der Waals surface area contributed by atoms with Crippen molar-refractivity contribution in [3.05, 3.63) is 29.3 Å². The van der Waals surface area contributed by atoms with E-state index in [1.807, 2.05) is 25.2 Å². The standard InChI is InChI=1S/C16H25NO3S/c1-17-10-14-7-8-16(20-2)15(9-14)12-21(18,19)11-13-5-3-4-6-13/h7-9,13,17H,3-6,10-12H2,1-2H3. The Hall–Kier alpha value is -1.07. The summed E-state index contributed by atoms with van der Waals surface area (Å²) in [5.74, 6) is 1.39. The highest BCUT2D eigenvalue weighted by atomic mass is 32.2. The third kappa shape index (κ3) is 4.71. The molecule has 1 fully saturated rings. The summed E-state index contributed by atoms with van der Waals surface area (Å²) in [6.45, 7) is 0.722. The van der Waals surface area contributed by atoms with Crippen molar-refractivity contribution in [1.29, 1.82) is 0 Å². The van der Waals surface area contributed by atoms with Crippen LogP contribution >= 0.6 is 0 Å². The molecule has 0 aliphatic heterocycles. The maximum absolute atomic E-state index is 12.4. The Labute approximate surface area is 127 Å². The molecule has 0 bridgehead atoms. The first kappa shape index (κ1) is 16.3. The van der Waals surface area contributed by atoms with E-state index in [1.165, 1.54) is 12.8 Å². The first-order valence-corrected chi connectivity index (χ1v) is 9.37. The fourth-order valence-corrected chi connectivity index (χ4v) is 4.96. The summed E-state index contributed by atoms with van der Waals surface area (Å²) in [6, 6.07) is 5.75. The summed E-state index contributed by atoms with van der Waals surface area (Å²) >= 11 is 0. The van der Waals surface area contributed by atoms with E-state index in [4.69, 9.17) is 4.74 Å². The summed E-state index contributed by atoms with van der Waals surface area (Å²) in [5, 5.41) is 3.08. The minimum absolute atomic E-state index is 0.0736. The Morgan fingerprint density at radius 3 is 2.62 bits per heavy atom. The van der Waals surface area contributed by atoms with E-state index < -0.39 is 9.84 Å². The lowest BCUT2D eigenvalue weighted by molar-refractivity contribution is 0.410. The number of hydrogen-bond donors (Lipinski definition) is 1. The Bertz CT molecular complexity index is 563. The lowest BCUT2D eigenvalue weighted by Crippen LogP contribution is -2.16. The fourth-order valence-electron chi connectivity index (χ4n) is 3.09. The summed E-state index contributed by atoms with van der Waals surface area (Å²) in [7, 11) is 0.376. The van der Waals surface area contributed by atoms with Crippen molar-refractivity contribution in [2.24, 2.45) is 5.92 Å². The van der Waals surface area contributed by atoms with Crippen LogP contribution in [0, 0.1) is 5.92 Å². The van der Waals surface area contributed by atoms with Crippen LogP contribution in [-0.2, 0) is 22.1 Å². The topological polar surface area (TPSA) is 55.4 Å². The largest absolute Gasteiger partial charge is 0.496 e. The molecule has 0 unspecified atom stereocenters. The van der Waals surface area contributed by atoms with Gasteiger partial charge in [-0.25, -0.2) is 8.42 Å². The lowest BCUT2D eigenvalue weighted by atomic mass is 10.1. The highest BCUT2D eigenvalue weighted by Gasteiger charge is 2.24. The van der Waals surface area contributed by atoms with E-state index in [0.29, 0.717) is 17.4 Å². The monoisotopic (exact) mass is 311 g/mol. The molecule has 5 heteroatoms. The Balaban J connectivity index is 2.13. The maximum Gasteiger partial charge on any atom is 0.154 e. The summed E-state index contributed by atoms with van der Waals surface area (Å²) in [4.78, 5) is 0. The van der Waals surface area contributed by atoms with E-state index in [1.54, 1.807) is 7.11 Å². The molecule has 0 spiro atoms. The zero-order valence-electron chi connectivity index (χ0n) is 12.9. The van der Waals surface area contributed by atoms with Crippen molar-refractivity contribution < 1.29 is 13.2 Å². The van der Waals surface area contributed by atoms with Gasteiger partial charge in [0.25, 0.3) is 0 Å². The van der Waals surface area contributed by atoms with Gasteiger partial charge in [-0.1, -0.05) is 18.9 Å². The van der Waals surface area contributed by atoms with Gasteiger partial charge in [-0.15, -0.1) is 0 Å². The Kier molecular flexibility index (Phi) is 5.65. The fraction of sp³-hybridized carbons (Fsp3) is 0.625. The number of sulfone groups is 1. The smallest absolute Gasteiger partial charge is 0.154 e. The molecule has 1 aromatic rings. The second kappa shape index (κ2) is 7.27. The maximum atomic E-state index is 12.4. The van der Waals surface area contributed by atoms with Crippen LogP contribution in [0.4, 0.5) is 0 Å². The average Bonchev–Trinajstić information content (AvgIpc) is 2.91. The van der Waals surface area contributed by atoms with Gasteiger partial charge in [0.1, 0.15) is 5.75 Å². The molecular weight excluding hydrogens is 286 g/mol. The van der Waals surface area contributed by atoms with Crippen molar-refractivity contribution in [2.75, 3.05) is 19.9 Å². The quantitative estimate of drug-likeness (QED) is 0.840. The molecule has 0 amide bonds. The molecule has 1 saturated carbocycles. The van der Waals surface area contributed by atoms with E-state index in [0.717, 1.165) is 30.5 Å². The number of methoxy groups -OCH3 is 1. The van der Waals surface area contributed by atoms with Crippen molar-refractivity contribution in [1.82, 2.24) is 5.32 Å². The van der Waals surface area contributed by atoms with Gasteiger partial charge in [-0.3, -0.25) is 0 Å². The lowest BCUT2D eigenvalue weighted by Gasteiger charge is -2.13. The predicted octanol–water partition coefficient (Wildman–Crippen LogP) is 2.52. The van der Waals surface area contributed by atoms with Crippen LogP contribution in [0.15, 0.2) is 18.2 Å². The van der Waals surface area contributed by atoms with Gasteiger partial charge in [0.05, 0.1) is 18.6 Å². The molecule has 0 atom stereocenters. The SMILES string of the molecule is CNCc1ccc(OC)c(CS(=O)(=O)CC2CCCC2)c1. The summed E-state index contributed by atoms with van der Waals surface area (Å²) in [5.41, 5.74) is 1.84. The summed E-state index contributed by atoms with van der Waals surface area (Å²) in [6.07, 6.45) is 4.44. The van der Waals surface area contributed by atoms with E-state index in [9.17, 15) is 8.42 Å². The Morgan fingerprint density at radius 1 is 1.29 bits per heavy atom. The summed E-state index contributed by atoms with van der Waals surface area (Å²) < 4.78 is 30.2. The number of benzene rings is 1. The van der Waals surface area contributed by atoms with Crippen LogP contribution in [0.25, 0.3) is 0 Å². The molecule has 0 saturated heterocycles. The zero-order valence-corrected chi connectivity index (χ0v) is 13.7. The Morgan fingerprint density at radius 2 is 2.00 bits per heavy atom. The number of nitrogens with one attached hydrogen (secondary N) is 1. The minimum atomic E-state index is -3.08. The molecular formula is C16H25NO3S. The molecule has 0 heterocycles. The molecule has 1 aliphatic rings. The van der Waals surface area contributed by atoms with Crippen LogP contribution in [0.3, 0.4) is 0 Å². The highest BCUT2D eigenvalue weighted by Crippen LogP contribution is 2.28. The van der Waals surface area contributed by atoms with Gasteiger partial charge in [0, 0.05) is 12.1 Å². The second-order valence-electron chi connectivity index (χ2n) is 5.88. The van der Waals surface area contributed by atoms with Crippen molar-refractivity contribution in [3.8, 4) is 5.75 Å². The van der Waals surface area contributed by atoms with E-state index >= 15 is 0 Å². The molecule has 1 aromatic carbocycles. The molecule has 0 radical (unpaired) electrons. The molecule has 4 nitrogen and oxygen atoms in total. The predicted molar refractivity (Wildman–Crippen MR) is 85.2 cm³/mol. The number of hydrogen-bond acceptors (Lipinski definition) is 4. The third-order valence-corrected chi connectivity index (χ3v) is 5.80. The van der Waals surface area contributed by atoms with E-state index in [2.05, 4.69) is 5.32 Å². The highest BCUT2D eigenvalue weighted by molar-refractivity contribution is 7.90. The van der Waals surface area contributed by atoms with Gasteiger partial charge in [0.2, 0.25) is 0 Å². The zero-order chi connectivity index (χ0) is 15.3. The number of ether oxygens (including phenoxy) is 1. The van der Waals surface area contributed by atoms with Crippen LogP contribution in [0.5, 0.6) is 5.75 Å². The third-order valence-electron chi connectivity index (χ3n) is 4.07. The average molecular weight is 311 g/mol. The van der Waals surface area contributed by atoms with Crippen molar-refractivity contribution in [2.45, 2.75) is 38.0 Å². The number of rotatable bonds is 7. The first-order chi connectivity index (χ1) is 10.0. The second-order valence-corrected chi connectivity index (χ2v) is 7.99. The van der Waals surface area contributed by atoms with Gasteiger partial charge in [-0.2, -0.15) is 0 Å². The van der Waals surface area contributed by atoms with Gasteiger partial charge in [0.15, 0.2) is 9.84 Å². The first-order valence-electron chi connectivity index (χ1n) is 7.55. The van der Waals surface area contributed by atoms with Gasteiger partial charge < -0.3 is 10.1 Å². The normalized spacial score (nSPS) is 16.3. The molecule has 21 heavy (non-hydrogen) atoms. The van der Waals surface area contributed by atoms with Crippen LogP contribution in [0.2, 0.25) is 0 Å². The van der Waals surface area contributed by atoms with Crippen LogP contribution in [0.1, 0.15) is 36.8 Å². The van der Waals surface area contributed by atoms with Crippen LogP contribution in [-0.4, -0.2) is 28.3 Å². The molecule has 118 valence electrons. The van der Waals surface area contributed by atoms with E-state index in [-0.39, 0.29) is 5.75 Å².